The Bertz CT molecular complexity index is 2630. The number of benzene rings is 5. The Morgan fingerprint density at radius 1 is 0.984 bits per heavy atom. The van der Waals surface area contributed by atoms with E-state index in [1.54, 1.807) is 21.0 Å². The molecule has 11 nitrogen and oxygen atoms in total. The predicted octanol–water partition coefficient (Wildman–Crippen LogP) is 9.27. The Morgan fingerprint density at radius 3 is 2.33 bits per heavy atom. The molecule has 0 spiro atoms. The minimum Gasteiger partial charge on any atom is -0.497 e. The van der Waals surface area contributed by atoms with Crippen LogP contribution in [0.5, 0.6) is 17.2 Å². The lowest BCUT2D eigenvalue weighted by Gasteiger charge is -2.38. The van der Waals surface area contributed by atoms with E-state index in [4.69, 9.17) is 36.3 Å². The number of nitrogens with one attached hydrogen (secondary N) is 1. The summed E-state index contributed by atoms with van der Waals surface area (Å²) in [7, 11) is -0.676. The fourth-order valence-electron chi connectivity index (χ4n) is 8.42. The Hall–Kier alpha value is -5.82. The van der Waals surface area contributed by atoms with Gasteiger partial charge >= 0.3 is 5.97 Å². The molecule has 0 amide bonds. The molecule has 0 saturated heterocycles. The maximum atomic E-state index is 13.8. The second-order valence-corrected chi connectivity index (χ2v) is 18.9. The largest absolute Gasteiger partial charge is 0.497 e. The second-order valence-electron chi connectivity index (χ2n) is 16.9. The van der Waals surface area contributed by atoms with Crippen LogP contribution in [-0.2, 0) is 38.1 Å². The van der Waals surface area contributed by atoms with Gasteiger partial charge in [-0.25, -0.2) is 13.1 Å². The molecule has 1 unspecified atom stereocenters. The number of likely N-dealkylation sites (N-methyl/N-ethyl adjacent to an activating group) is 1. The van der Waals surface area contributed by atoms with Crippen molar-refractivity contribution >= 4 is 33.6 Å². The van der Waals surface area contributed by atoms with Crippen molar-refractivity contribution in [3.8, 4) is 17.2 Å². The van der Waals surface area contributed by atoms with Crippen LogP contribution in [0.2, 0.25) is 5.02 Å². The molecular formula is C51H59ClN4O7S. The second kappa shape index (κ2) is 19.9. The van der Waals surface area contributed by atoms with Gasteiger partial charge in [0.15, 0.2) is 5.60 Å². The van der Waals surface area contributed by atoms with Crippen molar-refractivity contribution in [2.24, 2.45) is 10.7 Å². The number of sulfonamides is 1. The highest BCUT2D eigenvalue weighted by atomic mass is 35.5. The van der Waals surface area contributed by atoms with Crippen LogP contribution in [0.4, 0.5) is 0 Å². The van der Waals surface area contributed by atoms with Gasteiger partial charge in [-0.15, -0.1) is 0 Å². The van der Waals surface area contributed by atoms with Crippen LogP contribution in [0.3, 0.4) is 0 Å². The molecule has 5 aromatic carbocycles. The first-order chi connectivity index (χ1) is 30.4. The summed E-state index contributed by atoms with van der Waals surface area (Å²) in [6.45, 7) is 15.6. The Morgan fingerprint density at radius 2 is 1.66 bits per heavy atom. The number of rotatable bonds is 18. The molecule has 13 heteroatoms. The van der Waals surface area contributed by atoms with Gasteiger partial charge in [0.05, 0.1) is 12.0 Å². The van der Waals surface area contributed by atoms with E-state index in [2.05, 4.69) is 28.4 Å². The average Bonchev–Trinajstić information content (AvgIpc) is 3.60. The number of carbonyl (C=O) groups is 1. The number of guanidine groups is 1. The number of carbonyl (C=O) groups excluding carboxylic acids is 1. The quantitative estimate of drug-likeness (QED) is 0.0220. The molecule has 1 aliphatic rings. The molecular weight excluding hydrogens is 848 g/mol. The summed E-state index contributed by atoms with van der Waals surface area (Å²) in [5.74, 6) is 0.976. The van der Waals surface area contributed by atoms with Crippen molar-refractivity contribution in [1.29, 1.82) is 0 Å². The van der Waals surface area contributed by atoms with Gasteiger partial charge in [-0.1, -0.05) is 109 Å². The summed E-state index contributed by atoms with van der Waals surface area (Å²) in [5, 5.41) is 0.525. The summed E-state index contributed by atoms with van der Waals surface area (Å²) < 4.78 is 54.9. The number of hydrogen-bond acceptors (Lipinski definition) is 9. The molecule has 3 N–H and O–H groups in total. The van der Waals surface area contributed by atoms with Gasteiger partial charge in [0.1, 0.15) is 35.5 Å². The van der Waals surface area contributed by atoms with Crippen LogP contribution in [-0.4, -0.2) is 64.2 Å². The molecule has 64 heavy (non-hydrogen) atoms. The lowest BCUT2D eigenvalue weighted by atomic mass is 9.79. The molecule has 0 aliphatic carbocycles. The summed E-state index contributed by atoms with van der Waals surface area (Å²) in [6, 6.07) is 30.7. The molecule has 2 atom stereocenters. The van der Waals surface area contributed by atoms with E-state index in [1.807, 2.05) is 125 Å². The van der Waals surface area contributed by atoms with Gasteiger partial charge in [0.2, 0.25) is 5.96 Å². The first kappa shape index (κ1) is 47.7. The number of aliphatic imine (C=N–C) groups is 1. The van der Waals surface area contributed by atoms with E-state index in [0.29, 0.717) is 52.7 Å². The van der Waals surface area contributed by atoms with E-state index in [-0.39, 0.29) is 30.6 Å². The fourth-order valence-corrected chi connectivity index (χ4v) is 10.2. The third-order valence-corrected chi connectivity index (χ3v) is 13.7. The van der Waals surface area contributed by atoms with Crippen LogP contribution in [0.25, 0.3) is 0 Å². The van der Waals surface area contributed by atoms with Crippen LogP contribution in [0.15, 0.2) is 120 Å². The number of nitrogens with two attached hydrogens (primary N) is 1. The summed E-state index contributed by atoms with van der Waals surface area (Å²) in [5.41, 5.74) is 11.9. The number of methoxy groups -OCH3 is 1. The highest BCUT2D eigenvalue weighted by Crippen LogP contribution is 2.46. The zero-order valence-corrected chi connectivity index (χ0v) is 39.5. The number of ether oxygens (including phenoxy) is 4. The minimum atomic E-state index is -4.11. The molecule has 6 rings (SSSR count). The fraction of sp³-hybridized carbons (Fsp3) is 0.333. The van der Waals surface area contributed by atoms with Gasteiger partial charge in [0.25, 0.3) is 10.0 Å². The van der Waals surface area contributed by atoms with Gasteiger partial charge in [-0.05, 0) is 84.7 Å². The zero-order valence-electron chi connectivity index (χ0n) is 38.0. The summed E-state index contributed by atoms with van der Waals surface area (Å²) in [6.07, 6.45) is 2.90. The lowest BCUT2D eigenvalue weighted by Crippen LogP contribution is -2.40. The molecule has 0 bridgehead atoms. The monoisotopic (exact) mass is 906 g/mol. The van der Waals surface area contributed by atoms with E-state index in [0.717, 1.165) is 38.9 Å². The summed E-state index contributed by atoms with van der Waals surface area (Å²) in [4.78, 5) is 20.1. The van der Waals surface area contributed by atoms with Gasteiger partial charge in [0, 0.05) is 64.0 Å². The molecule has 0 aromatic heterocycles. The van der Waals surface area contributed by atoms with Gasteiger partial charge in [-0.3, -0.25) is 14.7 Å². The molecule has 1 aliphatic heterocycles. The van der Waals surface area contributed by atoms with E-state index >= 15 is 0 Å². The smallest absolute Gasteiger partial charge is 0.323 e. The zero-order chi connectivity index (χ0) is 46.4. The van der Waals surface area contributed by atoms with E-state index in [9.17, 15) is 13.2 Å². The topological polar surface area (TPSA) is 142 Å². The molecule has 338 valence electrons. The third-order valence-electron chi connectivity index (χ3n) is 11.7. The van der Waals surface area contributed by atoms with E-state index in [1.165, 1.54) is 6.08 Å². The van der Waals surface area contributed by atoms with Crippen LogP contribution in [0, 0.1) is 27.7 Å². The van der Waals surface area contributed by atoms with Crippen LogP contribution < -0.4 is 24.7 Å². The highest BCUT2D eigenvalue weighted by Gasteiger charge is 2.42. The van der Waals surface area contributed by atoms with Crippen LogP contribution >= 0.6 is 11.6 Å². The number of hydrogen-bond donors (Lipinski definition) is 2. The first-order valence-corrected chi connectivity index (χ1v) is 23.1. The molecule has 0 radical (unpaired) electrons. The number of halogens is 1. The Labute approximate surface area is 383 Å². The van der Waals surface area contributed by atoms with Crippen molar-refractivity contribution in [3.05, 3.63) is 165 Å². The van der Waals surface area contributed by atoms with E-state index < -0.39 is 33.2 Å². The highest BCUT2D eigenvalue weighted by molar-refractivity contribution is 7.90. The predicted molar refractivity (Wildman–Crippen MR) is 254 cm³/mol. The maximum absolute atomic E-state index is 13.8. The average molecular weight is 908 g/mol. The van der Waals surface area contributed by atoms with Gasteiger partial charge in [-0.2, -0.15) is 0 Å². The number of aryl methyl sites for hydroxylation is 1. The SMILES string of the molecule is C=CCOC(=O)[C@H](CCCN=C(N)NS(=O)(=O)c1c(C)c(C)c2c(c1C)OC(C)(C)C2)N(C)Cc1ccc(OC)cc1OC(c1ccccc1)(c1ccc(C)cc1)c1ccccc1Cl. The van der Waals surface area contributed by atoms with Crippen molar-refractivity contribution in [3.63, 3.8) is 0 Å². The minimum absolute atomic E-state index is 0.0322. The Balaban J connectivity index is 1.27. The number of fused-ring (bicyclic) bond motifs is 1. The third kappa shape index (κ3) is 10.3. The van der Waals surface area contributed by atoms with Crippen molar-refractivity contribution in [1.82, 2.24) is 9.62 Å². The molecule has 5 aromatic rings. The van der Waals surface area contributed by atoms with Crippen molar-refractivity contribution in [2.45, 2.75) is 89.5 Å². The molecule has 0 fully saturated rings. The number of nitrogens with zero attached hydrogens (tertiary/aromatic N) is 2. The van der Waals surface area contributed by atoms with Crippen molar-refractivity contribution < 1.29 is 32.2 Å². The van der Waals surface area contributed by atoms with Gasteiger partial charge < -0.3 is 24.7 Å². The number of esters is 1. The Kier molecular flexibility index (Phi) is 14.8. The first-order valence-electron chi connectivity index (χ1n) is 21.3. The molecule has 0 saturated carbocycles. The summed E-state index contributed by atoms with van der Waals surface area (Å²) >= 11 is 7.06. The standard InChI is InChI=1S/C51H59ClN4O7S/c1-10-29-61-48(57)44(21-16-28-54-49(53)55-64(58,59)47-35(4)34(3)41-31-50(6,7)63-46(41)36(47)5)56(8)32-37-24-27-40(60-9)30-45(37)62-51(38-17-12-11-13-18-38,39-25-22-33(2)23-26-39)42-19-14-15-20-43(42)52/h10-15,17-20,22-27,30,44H,1,16,21,28-29,31-32H2,2-9H3,(H3,53,54,55)/t44-,51?/m0/s1. The normalized spacial score (nSPS) is 14.8. The lowest BCUT2D eigenvalue weighted by molar-refractivity contribution is -0.148. The van der Waals surface area contributed by atoms with Crippen LogP contribution in [0.1, 0.15) is 76.8 Å². The molecule has 1 heterocycles. The van der Waals surface area contributed by atoms with Crippen molar-refractivity contribution in [2.75, 3.05) is 27.3 Å². The maximum Gasteiger partial charge on any atom is 0.323 e.